The number of hydrogen-bond acceptors (Lipinski definition) is 2. The Morgan fingerprint density at radius 3 is 2.14 bits per heavy atom. The molecule has 0 bridgehead atoms. The Bertz CT molecular complexity index is 641. The maximum atomic E-state index is 3.58. The Morgan fingerprint density at radius 1 is 0.810 bits per heavy atom. The molecule has 0 spiro atoms. The standard InChI is InChI=1S/C19H20N2/c1-19(14-6-3-7-15-19)21-18-12-10-17(11-13-18)20-16-8-4-2-5-9-16/h2-14,20-21H,15H2,1H3. The van der Waals surface area contributed by atoms with E-state index in [1.807, 2.05) is 18.2 Å². The van der Waals surface area contributed by atoms with Crippen LogP contribution in [0.1, 0.15) is 13.3 Å². The van der Waals surface area contributed by atoms with E-state index in [1.165, 1.54) is 0 Å². The Balaban J connectivity index is 1.67. The quantitative estimate of drug-likeness (QED) is 0.810. The van der Waals surface area contributed by atoms with Crippen LogP contribution in [0.25, 0.3) is 0 Å². The van der Waals surface area contributed by atoms with Gasteiger partial charge in [-0.3, -0.25) is 0 Å². The van der Waals surface area contributed by atoms with Gasteiger partial charge in [-0.25, -0.2) is 0 Å². The van der Waals surface area contributed by atoms with Gasteiger partial charge >= 0.3 is 0 Å². The zero-order chi connectivity index (χ0) is 14.5. The summed E-state index contributed by atoms with van der Waals surface area (Å²) in [5.74, 6) is 0. The molecule has 1 aliphatic rings. The minimum absolute atomic E-state index is 0.00310. The number of para-hydroxylation sites is 1. The zero-order valence-corrected chi connectivity index (χ0v) is 12.2. The summed E-state index contributed by atoms with van der Waals surface area (Å²) >= 11 is 0. The molecule has 21 heavy (non-hydrogen) atoms. The molecule has 2 heteroatoms. The van der Waals surface area contributed by atoms with Crippen LogP contribution < -0.4 is 10.6 Å². The summed E-state index contributed by atoms with van der Waals surface area (Å²) in [4.78, 5) is 0. The van der Waals surface area contributed by atoms with Crippen molar-refractivity contribution in [1.29, 1.82) is 0 Å². The van der Waals surface area contributed by atoms with Crippen molar-refractivity contribution in [2.24, 2.45) is 0 Å². The molecule has 2 nitrogen and oxygen atoms in total. The van der Waals surface area contributed by atoms with Gasteiger partial charge in [0.1, 0.15) is 0 Å². The summed E-state index contributed by atoms with van der Waals surface area (Å²) in [7, 11) is 0. The first-order valence-electron chi connectivity index (χ1n) is 7.28. The van der Waals surface area contributed by atoms with E-state index >= 15 is 0 Å². The van der Waals surface area contributed by atoms with E-state index in [-0.39, 0.29) is 5.54 Å². The van der Waals surface area contributed by atoms with Crippen molar-refractivity contribution in [3.63, 3.8) is 0 Å². The second kappa shape index (κ2) is 5.88. The van der Waals surface area contributed by atoms with Crippen LogP contribution in [-0.4, -0.2) is 5.54 Å². The molecule has 0 heterocycles. The lowest BCUT2D eigenvalue weighted by Crippen LogP contribution is -2.32. The molecule has 1 unspecified atom stereocenters. The smallest absolute Gasteiger partial charge is 0.0565 e. The van der Waals surface area contributed by atoms with Crippen molar-refractivity contribution in [3.8, 4) is 0 Å². The minimum Gasteiger partial charge on any atom is -0.376 e. The Morgan fingerprint density at radius 2 is 1.48 bits per heavy atom. The van der Waals surface area contributed by atoms with E-state index in [0.717, 1.165) is 23.5 Å². The summed E-state index contributed by atoms with van der Waals surface area (Å²) < 4.78 is 0. The molecule has 0 radical (unpaired) electrons. The van der Waals surface area contributed by atoms with E-state index in [0.29, 0.717) is 0 Å². The van der Waals surface area contributed by atoms with Gasteiger partial charge in [0.2, 0.25) is 0 Å². The molecule has 0 amide bonds. The molecule has 0 fully saturated rings. The van der Waals surface area contributed by atoms with Gasteiger partial charge in [0, 0.05) is 17.1 Å². The van der Waals surface area contributed by atoms with Crippen molar-refractivity contribution in [2.45, 2.75) is 18.9 Å². The van der Waals surface area contributed by atoms with Gasteiger partial charge in [-0.15, -0.1) is 0 Å². The number of allylic oxidation sites excluding steroid dienone is 2. The highest BCUT2D eigenvalue weighted by atomic mass is 15.0. The van der Waals surface area contributed by atoms with E-state index < -0.39 is 0 Å². The van der Waals surface area contributed by atoms with Crippen LogP contribution in [-0.2, 0) is 0 Å². The highest BCUT2D eigenvalue weighted by Crippen LogP contribution is 2.25. The number of benzene rings is 2. The molecular formula is C19H20N2. The molecule has 0 saturated heterocycles. The first-order chi connectivity index (χ1) is 10.2. The van der Waals surface area contributed by atoms with Crippen LogP contribution in [0.5, 0.6) is 0 Å². The summed E-state index contributed by atoms with van der Waals surface area (Å²) in [5.41, 5.74) is 3.33. The van der Waals surface area contributed by atoms with Gasteiger partial charge in [0.25, 0.3) is 0 Å². The molecule has 2 aromatic carbocycles. The predicted octanol–water partition coefficient (Wildman–Crippen LogP) is 5.12. The summed E-state index contributed by atoms with van der Waals surface area (Å²) in [5, 5.41) is 6.97. The summed E-state index contributed by atoms with van der Waals surface area (Å²) in [6, 6.07) is 18.6. The van der Waals surface area contributed by atoms with Crippen molar-refractivity contribution in [3.05, 3.63) is 78.9 Å². The first kappa shape index (κ1) is 13.5. The highest BCUT2D eigenvalue weighted by molar-refractivity contribution is 5.62. The van der Waals surface area contributed by atoms with Crippen LogP contribution in [0.15, 0.2) is 78.9 Å². The fourth-order valence-electron chi connectivity index (χ4n) is 2.47. The minimum atomic E-state index is 0.00310. The molecule has 2 aromatic rings. The van der Waals surface area contributed by atoms with Crippen LogP contribution in [0.2, 0.25) is 0 Å². The van der Waals surface area contributed by atoms with Gasteiger partial charge in [-0.1, -0.05) is 42.5 Å². The molecule has 1 atom stereocenters. The van der Waals surface area contributed by atoms with Crippen molar-refractivity contribution < 1.29 is 0 Å². The molecule has 2 N–H and O–H groups in total. The molecule has 3 rings (SSSR count). The fourth-order valence-corrected chi connectivity index (χ4v) is 2.47. The Kier molecular flexibility index (Phi) is 3.78. The van der Waals surface area contributed by atoms with E-state index in [1.54, 1.807) is 0 Å². The van der Waals surface area contributed by atoms with Gasteiger partial charge < -0.3 is 10.6 Å². The van der Waals surface area contributed by atoms with Gasteiger partial charge in [0.15, 0.2) is 0 Å². The van der Waals surface area contributed by atoms with Gasteiger partial charge in [-0.2, -0.15) is 0 Å². The zero-order valence-electron chi connectivity index (χ0n) is 12.2. The SMILES string of the molecule is CC1(Nc2ccc(Nc3ccccc3)cc2)C=CC=CC1. The molecule has 0 aliphatic heterocycles. The fraction of sp³-hybridized carbons (Fsp3) is 0.158. The number of hydrogen-bond donors (Lipinski definition) is 2. The third kappa shape index (κ3) is 3.54. The largest absolute Gasteiger partial charge is 0.376 e. The van der Waals surface area contributed by atoms with Gasteiger partial charge in [0.05, 0.1) is 5.54 Å². The monoisotopic (exact) mass is 276 g/mol. The number of nitrogens with one attached hydrogen (secondary N) is 2. The van der Waals surface area contributed by atoms with Crippen molar-refractivity contribution in [2.75, 3.05) is 10.6 Å². The van der Waals surface area contributed by atoms with E-state index in [2.05, 4.69) is 78.3 Å². The molecule has 0 aromatic heterocycles. The van der Waals surface area contributed by atoms with Crippen LogP contribution in [0.4, 0.5) is 17.1 Å². The average molecular weight is 276 g/mol. The topological polar surface area (TPSA) is 24.1 Å². The maximum Gasteiger partial charge on any atom is 0.0565 e. The lowest BCUT2D eigenvalue weighted by Gasteiger charge is -2.29. The van der Waals surface area contributed by atoms with E-state index in [9.17, 15) is 0 Å². The Labute approximate surface area is 126 Å². The first-order valence-corrected chi connectivity index (χ1v) is 7.28. The maximum absolute atomic E-state index is 3.58. The summed E-state index contributed by atoms with van der Waals surface area (Å²) in [6.07, 6.45) is 9.60. The molecule has 0 saturated carbocycles. The summed E-state index contributed by atoms with van der Waals surface area (Å²) in [6.45, 7) is 2.21. The second-order valence-corrected chi connectivity index (χ2v) is 5.60. The number of anilines is 3. The highest BCUT2D eigenvalue weighted by Gasteiger charge is 2.19. The van der Waals surface area contributed by atoms with Crippen molar-refractivity contribution in [1.82, 2.24) is 0 Å². The van der Waals surface area contributed by atoms with Crippen LogP contribution >= 0.6 is 0 Å². The lowest BCUT2D eigenvalue weighted by molar-refractivity contribution is 0.641. The molecule has 1 aliphatic carbocycles. The molecule has 106 valence electrons. The van der Waals surface area contributed by atoms with Crippen LogP contribution in [0.3, 0.4) is 0 Å². The van der Waals surface area contributed by atoms with Gasteiger partial charge in [-0.05, 0) is 49.7 Å². The third-order valence-corrected chi connectivity index (χ3v) is 3.63. The number of rotatable bonds is 4. The average Bonchev–Trinajstić information content (AvgIpc) is 2.51. The van der Waals surface area contributed by atoms with Crippen molar-refractivity contribution >= 4 is 17.1 Å². The second-order valence-electron chi connectivity index (χ2n) is 5.60. The predicted molar refractivity (Wildman–Crippen MR) is 91.1 cm³/mol. The molecular weight excluding hydrogens is 256 g/mol. The Hall–Kier alpha value is -2.48. The van der Waals surface area contributed by atoms with E-state index in [4.69, 9.17) is 0 Å². The normalized spacial score (nSPS) is 20.2. The lowest BCUT2D eigenvalue weighted by atomic mass is 9.93. The van der Waals surface area contributed by atoms with Crippen LogP contribution in [0, 0.1) is 0 Å². The third-order valence-electron chi connectivity index (χ3n) is 3.63.